The third-order valence-electron chi connectivity index (χ3n) is 4.38. The van der Waals surface area contributed by atoms with Crippen LogP contribution in [-0.2, 0) is 9.53 Å². The first-order chi connectivity index (χ1) is 9.24. The molecule has 1 amide bonds. The molecular formula is C15H28N2O2. The molecule has 0 aromatic rings. The van der Waals surface area contributed by atoms with E-state index in [0.717, 1.165) is 13.1 Å². The van der Waals surface area contributed by atoms with Crippen molar-refractivity contribution in [3.63, 3.8) is 0 Å². The number of hydrogen-bond donors (Lipinski definition) is 2. The zero-order valence-corrected chi connectivity index (χ0v) is 12.2. The Morgan fingerprint density at radius 1 is 1.26 bits per heavy atom. The van der Waals surface area contributed by atoms with Gasteiger partial charge in [0.05, 0.1) is 11.7 Å². The Balaban J connectivity index is 1.59. The van der Waals surface area contributed by atoms with E-state index in [9.17, 15) is 4.79 Å². The van der Waals surface area contributed by atoms with Crippen LogP contribution in [0.15, 0.2) is 0 Å². The number of carbonyl (C=O) groups is 1. The summed E-state index contributed by atoms with van der Waals surface area (Å²) in [4.78, 5) is 11.3. The first-order valence-electron chi connectivity index (χ1n) is 7.89. The molecule has 0 aromatic heterocycles. The molecule has 1 unspecified atom stereocenters. The number of ether oxygens (including phenoxy) is 1. The maximum Gasteiger partial charge on any atom is 0.221 e. The van der Waals surface area contributed by atoms with Crippen LogP contribution in [0.25, 0.3) is 0 Å². The van der Waals surface area contributed by atoms with Crippen molar-refractivity contribution >= 4 is 5.91 Å². The lowest BCUT2D eigenvalue weighted by Crippen LogP contribution is -2.35. The summed E-state index contributed by atoms with van der Waals surface area (Å²) < 4.78 is 6.28. The van der Waals surface area contributed by atoms with Crippen LogP contribution in [0, 0.1) is 0 Å². The lowest BCUT2D eigenvalue weighted by atomic mass is 9.83. The van der Waals surface area contributed by atoms with E-state index in [1.807, 2.05) is 6.92 Å². The number of hydrogen-bond acceptors (Lipinski definition) is 3. The maximum atomic E-state index is 11.3. The predicted octanol–water partition coefficient (Wildman–Crippen LogP) is 1.98. The summed E-state index contributed by atoms with van der Waals surface area (Å²) in [6.45, 7) is 4.30. The first-order valence-corrected chi connectivity index (χ1v) is 7.89. The molecular weight excluding hydrogens is 240 g/mol. The average Bonchev–Trinajstić information content (AvgIpc) is 2.79. The molecule has 1 heterocycles. The van der Waals surface area contributed by atoms with Crippen LogP contribution in [0.1, 0.15) is 58.3 Å². The molecule has 110 valence electrons. The molecule has 1 saturated carbocycles. The number of nitrogens with one attached hydrogen (secondary N) is 2. The molecule has 1 atom stereocenters. The lowest BCUT2D eigenvalue weighted by Gasteiger charge is -2.33. The summed E-state index contributed by atoms with van der Waals surface area (Å²) in [5, 5.41) is 6.16. The van der Waals surface area contributed by atoms with E-state index in [4.69, 9.17) is 4.74 Å². The van der Waals surface area contributed by atoms with Crippen LogP contribution >= 0.6 is 0 Å². The lowest BCUT2D eigenvalue weighted by molar-refractivity contribution is -0.120. The van der Waals surface area contributed by atoms with Gasteiger partial charge in [-0.05, 0) is 32.6 Å². The third-order valence-corrected chi connectivity index (χ3v) is 4.38. The van der Waals surface area contributed by atoms with Gasteiger partial charge in [-0.3, -0.25) is 4.79 Å². The van der Waals surface area contributed by atoms with E-state index in [1.54, 1.807) is 0 Å². The van der Waals surface area contributed by atoms with Crippen LogP contribution in [0.2, 0.25) is 0 Å². The van der Waals surface area contributed by atoms with Crippen molar-refractivity contribution in [1.82, 2.24) is 10.6 Å². The molecule has 4 heteroatoms. The Hall–Kier alpha value is -0.610. The van der Waals surface area contributed by atoms with Crippen LogP contribution in [0.5, 0.6) is 0 Å². The highest BCUT2D eigenvalue weighted by atomic mass is 16.5. The quantitative estimate of drug-likeness (QED) is 0.724. The van der Waals surface area contributed by atoms with Crippen LogP contribution in [0.3, 0.4) is 0 Å². The molecule has 0 aromatic carbocycles. The summed E-state index contributed by atoms with van der Waals surface area (Å²) in [5.74, 6) is 0.131. The van der Waals surface area contributed by atoms with Gasteiger partial charge in [-0.25, -0.2) is 0 Å². The normalized spacial score (nSPS) is 25.6. The highest BCUT2D eigenvalue weighted by molar-refractivity contribution is 5.75. The minimum Gasteiger partial charge on any atom is -0.370 e. The molecule has 4 nitrogen and oxygen atoms in total. The summed E-state index contributed by atoms with van der Waals surface area (Å²) in [6, 6.07) is 0. The molecule has 19 heavy (non-hydrogen) atoms. The average molecular weight is 268 g/mol. The van der Waals surface area contributed by atoms with Gasteiger partial charge in [0.25, 0.3) is 0 Å². The molecule has 2 aliphatic rings. The van der Waals surface area contributed by atoms with Gasteiger partial charge in [-0.15, -0.1) is 0 Å². The van der Waals surface area contributed by atoms with Crippen LogP contribution in [0.4, 0.5) is 0 Å². The van der Waals surface area contributed by atoms with Crippen LogP contribution in [-0.4, -0.2) is 37.2 Å². The molecule has 2 N–H and O–H groups in total. The zero-order chi connectivity index (χ0) is 13.6. The fourth-order valence-corrected chi connectivity index (χ4v) is 3.35. The molecule has 1 spiro atoms. The zero-order valence-electron chi connectivity index (χ0n) is 12.2. The molecule has 0 bridgehead atoms. The first kappa shape index (κ1) is 14.8. The SMILES string of the molecule is CCNC(=O)CCNCC1CCC2(CCCCC2)O1. The predicted molar refractivity (Wildman–Crippen MR) is 76.1 cm³/mol. The summed E-state index contributed by atoms with van der Waals surface area (Å²) >= 11 is 0. The van der Waals surface area contributed by atoms with Gasteiger partial charge in [-0.2, -0.15) is 0 Å². The molecule has 1 aliphatic heterocycles. The maximum absolute atomic E-state index is 11.3. The van der Waals surface area contributed by atoms with Crippen molar-refractivity contribution in [3.05, 3.63) is 0 Å². The van der Waals surface area contributed by atoms with Crippen molar-refractivity contribution < 1.29 is 9.53 Å². The van der Waals surface area contributed by atoms with Crippen molar-refractivity contribution in [2.75, 3.05) is 19.6 Å². The monoisotopic (exact) mass is 268 g/mol. The Kier molecular flexibility index (Phi) is 5.64. The molecule has 1 aliphatic carbocycles. The number of amides is 1. The van der Waals surface area contributed by atoms with Crippen molar-refractivity contribution in [2.24, 2.45) is 0 Å². The van der Waals surface area contributed by atoms with Crippen molar-refractivity contribution in [3.8, 4) is 0 Å². The van der Waals surface area contributed by atoms with E-state index < -0.39 is 0 Å². The van der Waals surface area contributed by atoms with E-state index >= 15 is 0 Å². The Bertz CT molecular complexity index is 288. The van der Waals surface area contributed by atoms with Gasteiger partial charge >= 0.3 is 0 Å². The van der Waals surface area contributed by atoms with Gasteiger partial charge < -0.3 is 15.4 Å². The van der Waals surface area contributed by atoms with Gasteiger partial charge in [0.2, 0.25) is 5.91 Å². The van der Waals surface area contributed by atoms with Gasteiger partial charge in [0, 0.05) is 26.1 Å². The summed E-state index contributed by atoms with van der Waals surface area (Å²) in [6.07, 6.45) is 9.86. The Labute approximate surface area is 116 Å². The third kappa shape index (κ3) is 4.46. The standard InChI is InChI=1S/C15H28N2O2/c1-2-17-14(18)7-11-16-12-13-6-10-15(19-13)8-4-3-5-9-15/h13,16H,2-12H2,1H3,(H,17,18). The van der Waals surface area contributed by atoms with Crippen molar-refractivity contribution in [2.45, 2.75) is 70.0 Å². The summed E-state index contributed by atoms with van der Waals surface area (Å²) in [5.41, 5.74) is 0.212. The second-order valence-electron chi connectivity index (χ2n) is 5.93. The molecule has 0 radical (unpaired) electrons. The summed E-state index contributed by atoms with van der Waals surface area (Å²) in [7, 11) is 0. The van der Waals surface area contributed by atoms with Gasteiger partial charge in [0.15, 0.2) is 0 Å². The fourth-order valence-electron chi connectivity index (χ4n) is 3.35. The Morgan fingerprint density at radius 3 is 2.79 bits per heavy atom. The molecule has 1 saturated heterocycles. The smallest absolute Gasteiger partial charge is 0.221 e. The number of carbonyl (C=O) groups excluding carboxylic acids is 1. The Morgan fingerprint density at radius 2 is 2.05 bits per heavy atom. The highest BCUT2D eigenvalue weighted by Crippen LogP contribution is 2.41. The minimum absolute atomic E-state index is 0.131. The van der Waals surface area contributed by atoms with Gasteiger partial charge in [0.1, 0.15) is 0 Å². The van der Waals surface area contributed by atoms with E-state index in [2.05, 4.69) is 10.6 Å². The van der Waals surface area contributed by atoms with E-state index in [-0.39, 0.29) is 11.5 Å². The largest absolute Gasteiger partial charge is 0.370 e. The van der Waals surface area contributed by atoms with Crippen molar-refractivity contribution in [1.29, 1.82) is 0 Å². The molecule has 2 fully saturated rings. The number of rotatable bonds is 6. The molecule has 2 rings (SSSR count). The minimum atomic E-state index is 0.131. The second-order valence-corrected chi connectivity index (χ2v) is 5.93. The van der Waals surface area contributed by atoms with Crippen LogP contribution < -0.4 is 10.6 Å². The highest BCUT2D eigenvalue weighted by Gasteiger charge is 2.40. The van der Waals surface area contributed by atoms with E-state index in [0.29, 0.717) is 19.1 Å². The topological polar surface area (TPSA) is 50.4 Å². The fraction of sp³-hybridized carbons (Fsp3) is 0.933. The van der Waals surface area contributed by atoms with E-state index in [1.165, 1.54) is 44.9 Å². The van der Waals surface area contributed by atoms with Gasteiger partial charge in [-0.1, -0.05) is 19.3 Å². The second kappa shape index (κ2) is 7.25.